The number of benzene rings is 1. The van der Waals surface area contributed by atoms with Crippen LogP contribution in [0.25, 0.3) is 0 Å². The van der Waals surface area contributed by atoms with Gasteiger partial charge in [-0.25, -0.2) is 14.0 Å². The summed E-state index contributed by atoms with van der Waals surface area (Å²) in [7, 11) is 0. The Hall–Kier alpha value is -1.86. The first-order valence-electron chi connectivity index (χ1n) is 5.82. The molecule has 0 radical (unpaired) electrons. The third-order valence-electron chi connectivity index (χ3n) is 3.02. The maximum absolute atomic E-state index is 13.5. The number of likely N-dealkylation sites (tertiary alicyclic amines) is 1. The SMILES string of the molecule is O=C(O)[C@@H]1CC(O)CN1C(=O)Nc1c(F)cccc1Cl. The van der Waals surface area contributed by atoms with Crippen LogP contribution in [-0.2, 0) is 4.79 Å². The van der Waals surface area contributed by atoms with Crippen molar-refractivity contribution in [2.75, 3.05) is 11.9 Å². The Balaban J connectivity index is 2.18. The van der Waals surface area contributed by atoms with E-state index >= 15 is 0 Å². The Kier molecular flexibility index (Phi) is 4.10. The van der Waals surface area contributed by atoms with Crippen LogP contribution in [0.4, 0.5) is 14.9 Å². The van der Waals surface area contributed by atoms with Crippen molar-refractivity contribution in [2.45, 2.75) is 18.6 Å². The van der Waals surface area contributed by atoms with Gasteiger partial charge in [-0.2, -0.15) is 0 Å². The second-order valence-electron chi connectivity index (χ2n) is 4.42. The number of aliphatic hydroxyl groups excluding tert-OH is 1. The molecule has 1 heterocycles. The van der Waals surface area contributed by atoms with E-state index in [2.05, 4.69) is 5.32 Å². The molecule has 1 aliphatic rings. The Morgan fingerprint density at radius 3 is 2.75 bits per heavy atom. The molecular weight excluding hydrogens is 291 g/mol. The molecule has 20 heavy (non-hydrogen) atoms. The fraction of sp³-hybridized carbons (Fsp3) is 0.333. The highest BCUT2D eigenvalue weighted by atomic mass is 35.5. The van der Waals surface area contributed by atoms with E-state index in [1.165, 1.54) is 12.1 Å². The van der Waals surface area contributed by atoms with E-state index in [0.29, 0.717) is 0 Å². The molecule has 3 N–H and O–H groups in total. The summed E-state index contributed by atoms with van der Waals surface area (Å²) in [6.45, 7) is -0.130. The van der Waals surface area contributed by atoms with E-state index in [0.717, 1.165) is 11.0 Å². The fourth-order valence-electron chi connectivity index (χ4n) is 2.07. The number of carboxylic acids is 1. The number of carbonyl (C=O) groups excluding carboxylic acids is 1. The molecular formula is C12H12ClFN2O4. The van der Waals surface area contributed by atoms with Crippen LogP contribution in [0.15, 0.2) is 18.2 Å². The van der Waals surface area contributed by atoms with Crippen molar-refractivity contribution in [1.29, 1.82) is 0 Å². The van der Waals surface area contributed by atoms with Crippen LogP contribution in [-0.4, -0.2) is 45.8 Å². The van der Waals surface area contributed by atoms with Gasteiger partial charge in [0, 0.05) is 13.0 Å². The van der Waals surface area contributed by atoms with Crippen molar-refractivity contribution < 1.29 is 24.2 Å². The number of nitrogens with one attached hydrogen (secondary N) is 1. The number of β-amino-alcohol motifs (C(OH)–C–C–N with tert-alkyl or cyclic N) is 1. The molecule has 1 aromatic carbocycles. The standard InChI is InChI=1S/C12H12ClFN2O4/c13-7-2-1-3-8(14)10(7)15-12(20)16-5-6(17)4-9(16)11(18)19/h1-3,6,9,17H,4-5H2,(H,15,20)(H,18,19)/t6?,9-/m0/s1. The number of amides is 2. The number of hydrogen-bond donors (Lipinski definition) is 3. The minimum Gasteiger partial charge on any atom is -0.480 e. The minimum atomic E-state index is -1.23. The monoisotopic (exact) mass is 302 g/mol. The molecule has 1 aliphatic heterocycles. The minimum absolute atomic E-state index is 0.00460. The molecule has 1 fully saturated rings. The number of aliphatic hydroxyl groups is 1. The van der Waals surface area contributed by atoms with Crippen LogP contribution < -0.4 is 5.32 Å². The normalized spacial score (nSPS) is 21.9. The molecule has 0 saturated carbocycles. The number of nitrogens with zero attached hydrogens (tertiary/aromatic N) is 1. The average molecular weight is 303 g/mol. The van der Waals surface area contributed by atoms with Crippen molar-refractivity contribution in [3.63, 3.8) is 0 Å². The van der Waals surface area contributed by atoms with Gasteiger partial charge in [-0.15, -0.1) is 0 Å². The highest BCUT2D eigenvalue weighted by molar-refractivity contribution is 6.33. The third-order valence-corrected chi connectivity index (χ3v) is 3.33. The summed E-state index contributed by atoms with van der Waals surface area (Å²) in [5, 5.41) is 20.7. The van der Waals surface area contributed by atoms with Crippen LogP contribution in [0.5, 0.6) is 0 Å². The highest BCUT2D eigenvalue weighted by Crippen LogP contribution is 2.26. The van der Waals surface area contributed by atoms with Crippen molar-refractivity contribution in [3.8, 4) is 0 Å². The topological polar surface area (TPSA) is 89.9 Å². The van der Waals surface area contributed by atoms with Gasteiger partial charge in [0.05, 0.1) is 16.8 Å². The van der Waals surface area contributed by atoms with E-state index in [1.807, 2.05) is 0 Å². The average Bonchev–Trinajstić information content (AvgIpc) is 2.76. The number of anilines is 1. The fourth-order valence-corrected chi connectivity index (χ4v) is 2.28. The summed E-state index contributed by atoms with van der Waals surface area (Å²) in [4.78, 5) is 24.0. The number of para-hydroxylation sites is 1. The van der Waals surface area contributed by atoms with Crippen LogP contribution in [0, 0.1) is 5.82 Å². The Bertz CT molecular complexity index is 534. The van der Waals surface area contributed by atoms with Crippen molar-refractivity contribution >= 4 is 29.3 Å². The molecule has 108 valence electrons. The Morgan fingerprint density at radius 2 is 2.15 bits per heavy atom. The first-order chi connectivity index (χ1) is 9.40. The summed E-state index contributed by atoms with van der Waals surface area (Å²) in [5.74, 6) is -1.95. The lowest BCUT2D eigenvalue weighted by Gasteiger charge is -2.22. The second kappa shape index (κ2) is 5.64. The lowest BCUT2D eigenvalue weighted by atomic mass is 10.2. The van der Waals surface area contributed by atoms with E-state index in [4.69, 9.17) is 16.7 Å². The van der Waals surface area contributed by atoms with E-state index in [9.17, 15) is 19.1 Å². The summed E-state index contributed by atoms with van der Waals surface area (Å²) < 4.78 is 13.5. The zero-order valence-electron chi connectivity index (χ0n) is 10.2. The van der Waals surface area contributed by atoms with Gasteiger partial charge in [-0.1, -0.05) is 17.7 Å². The first-order valence-corrected chi connectivity index (χ1v) is 6.20. The van der Waals surface area contributed by atoms with E-state index in [-0.39, 0.29) is 23.7 Å². The predicted octanol–water partition coefficient (Wildman–Crippen LogP) is 1.53. The maximum atomic E-state index is 13.5. The number of aliphatic carboxylic acids is 1. The first kappa shape index (κ1) is 14.5. The van der Waals surface area contributed by atoms with Crippen LogP contribution in [0.3, 0.4) is 0 Å². The number of urea groups is 1. The van der Waals surface area contributed by atoms with E-state index in [1.54, 1.807) is 0 Å². The summed E-state index contributed by atoms with van der Waals surface area (Å²) in [6.07, 6.45) is -0.980. The third kappa shape index (κ3) is 2.83. The molecule has 2 amide bonds. The number of carboxylic acid groups (broad SMARTS) is 1. The van der Waals surface area contributed by atoms with Gasteiger partial charge in [0.25, 0.3) is 0 Å². The highest BCUT2D eigenvalue weighted by Gasteiger charge is 2.39. The molecule has 1 aromatic rings. The molecule has 2 atom stereocenters. The van der Waals surface area contributed by atoms with Gasteiger partial charge in [-0.3, -0.25) is 0 Å². The molecule has 8 heteroatoms. The van der Waals surface area contributed by atoms with Crippen molar-refractivity contribution in [2.24, 2.45) is 0 Å². The summed E-state index contributed by atoms with van der Waals surface area (Å²) in [6, 6.07) is 1.94. The number of rotatable bonds is 2. The van der Waals surface area contributed by atoms with Gasteiger partial charge in [-0.05, 0) is 12.1 Å². The predicted molar refractivity (Wildman–Crippen MR) is 69.2 cm³/mol. The Morgan fingerprint density at radius 1 is 1.45 bits per heavy atom. The zero-order valence-corrected chi connectivity index (χ0v) is 11.0. The summed E-state index contributed by atoms with van der Waals surface area (Å²) in [5.41, 5.74) is -0.218. The van der Waals surface area contributed by atoms with E-state index < -0.39 is 30.0 Å². The molecule has 0 aromatic heterocycles. The molecule has 2 rings (SSSR count). The van der Waals surface area contributed by atoms with Crippen LogP contribution in [0.1, 0.15) is 6.42 Å². The molecule has 0 aliphatic carbocycles. The quantitative estimate of drug-likeness (QED) is 0.773. The lowest BCUT2D eigenvalue weighted by molar-refractivity contribution is -0.141. The number of halogens is 2. The van der Waals surface area contributed by atoms with Crippen LogP contribution in [0.2, 0.25) is 5.02 Å². The van der Waals surface area contributed by atoms with Gasteiger partial charge in [0.15, 0.2) is 0 Å². The second-order valence-corrected chi connectivity index (χ2v) is 4.83. The Labute approximate surface area is 118 Å². The largest absolute Gasteiger partial charge is 0.480 e. The van der Waals surface area contributed by atoms with Crippen molar-refractivity contribution in [1.82, 2.24) is 4.90 Å². The lowest BCUT2D eigenvalue weighted by Crippen LogP contribution is -2.43. The molecule has 6 nitrogen and oxygen atoms in total. The van der Waals surface area contributed by atoms with Gasteiger partial charge in [0.1, 0.15) is 11.9 Å². The van der Waals surface area contributed by atoms with Gasteiger partial charge >= 0.3 is 12.0 Å². The molecule has 0 bridgehead atoms. The number of hydrogen-bond acceptors (Lipinski definition) is 3. The van der Waals surface area contributed by atoms with Gasteiger partial charge in [0.2, 0.25) is 0 Å². The number of carbonyl (C=O) groups is 2. The van der Waals surface area contributed by atoms with Gasteiger partial charge < -0.3 is 20.4 Å². The molecule has 0 spiro atoms. The van der Waals surface area contributed by atoms with Crippen molar-refractivity contribution in [3.05, 3.63) is 29.0 Å². The molecule has 1 saturated heterocycles. The maximum Gasteiger partial charge on any atom is 0.326 e. The smallest absolute Gasteiger partial charge is 0.326 e. The summed E-state index contributed by atoms with van der Waals surface area (Å²) >= 11 is 5.77. The van der Waals surface area contributed by atoms with Crippen LogP contribution >= 0.6 is 11.6 Å². The molecule has 1 unspecified atom stereocenters. The zero-order chi connectivity index (χ0) is 14.9.